The summed E-state index contributed by atoms with van der Waals surface area (Å²) in [5.41, 5.74) is 0.810. The van der Waals surface area contributed by atoms with E-state index in [2.05, 4.69) is 10.3 Å². The molecular formula is C17H19F2N3O2. The number of nitrogens with zero attached hydrogens (tertiary/aromatic N) is 2. The van der Waals surface area contributed by atoms with Crippen molar-refractivity contribution in [3.05, 3.63) is 54.1 Å². The smallest absolute Gasteiger partial charge is 0.407 e. The lowest BCUT2D eigenvalue weighted by atomic mass is 10.0. The second-order valence-corrected chi connectivity index (χ2v) is 5.88. The van der Waals surface area contributed by atoms with Gasteiger partial charge in [0.1, 0.15) is 5.82 Å². The maximum absolute atomic E-state index is 13.0. The molecule has 128 valence electrons. The number of amides is 1. The highest BCUT2D eigenvalue weighted by Gasteiger charge is 2.25. The summed E-state index contributed by atoms with van der Waals surface area (Å²) in [6, 6.07) is 8.70. The molecule has 2 aromatic rings. The Bertz CT molecular complexity index is 671. The molecular weight excluding hydrogens is 316 g/mol. The average molecular weight is 335 g/mol. The van der Waals surface area contributed by atoms with Gasteiger partial charge in [-0.15, -0.1) is 0 Å². The molecule has 24 heavy (non-hydrogen) atoms. The predicted molar refractivity (Wildman–Crippen MR) is 83.6 cm³/mol. The van der Waals surface area contributed by atoms with Gasteiger partial charge in [0.05, 0.1) is 12.6 Å². The first-order valence-corrected chi connectivity index (χ1v) is 7.91. The lowest BCUT2D eigenvalue weighted by molar-refractivity contribution is 0.0665. The maximum atomic E-state index is 13.0. The van der Waals surface area contributed by atoms with Crippen molar-refractivity contribution in [2.75, 3.05) is 6.61 Å². The van der Waals surface area contributed by atoms with E-state index in [4.69, 9.17) is 4.74 Å². The highest BCUT2D eigenvalue weighted by atomic mass is 19.3. The van der Waals surface area contributed by atoms with Crippen molar-refractivity contribution < 1.29 is 18.3 Å². The lowest BCUT2D eigenvalue weighted by Crippen LogP contribution is -2.31. The van der Waals surface area contributed by atoms with E-state index in [9.17, 15) is 13.6 Å². The van der Waals surface area contributed by atoms with E-state index in [1.54, 1.807) is 0 Å². The van der Waals surface area contributed by atoms with Crippen molar-refractivity contribution in [1.29, 1.82) is 0 Å². The van der Waals surface area contributed by atoms with Gasteiger partial charge in [0.15, 0.2) is 0 Å². The first-order valence-electron chi connectivity index (χ1n) is 7.91. The third-order valence-electron chi connectivity index (χ3n) is 3.99. The molecule has 1 amide bonds. The van der Waals surface area contributed by atoms with Gasteiger partial charge in [-0.2, -0.15) is 8.78 Å². The SMILES string of the molecule is O=C(NC(Cc1nccn1C(F)F)c1ccccc1)OCC1CC1. The molecule has 5 nitrogen and oxygen atoms in total. The number of halogens is 2. The summed E-state index contributed by atoms with van der Waals surface area (Å²) in [7, 11) is 0. The Labute approximate surface area is 138 Å². The van der Waals surface area contributed by atoms with Crippen LogP contribution in [-0.4, -0.2) is 22.3 Å². The van der Waals surface area contributed by atoms with Gasteiger partial charge in [-0.1, -0.05) is 30.3 Å². The fourth-order valence-corrected chi connectivity index (χ4v) is 2.46. The molecule has 0 bridgehead atoms. The van der Waals surface area contributed by atoms with Gasteiger partial charge in [-0.25, -0.2) is 9.78 Å². The van der Waals surface area contributed by atoms with E-state index in [1.807, 2.05) is 30.3 Å². The van der Waals surface area contributed by atoms with Crippen LogP contribution in [0.1, 0.15) is 36.8 Å². The van der Waals surface area contributed by atoms with Gasteiger partial charge in [0, 0.05) is 18.8 Å². The summed E-state index contributed by atoms with van der Waals surface area (Å²) in [4.78, 5) is 16.0. The summed E-state index contributed by atoms with van der Waals surface area (Å²) in [5, 5.41) is 2.76. The molecule has 1 N–H and O–H groups in total. The first-order chi connectivity index (χ1) is 11.6. The summed E-state index contributed by atoms with van der Waals surface area (Å²) in [5.74, 6) is 0.671. The minimum absolute atomic E-state index is 0.153. The van der Waals surface area contributed by atoms with Crippen LogP contribution in [0.3, 0.4) is 0 Å². The van der Waals surface area contributed by atoms with Crippen LogP contribution < -0.4 is 5.32 Å². The van der Waals surface area contributed by atoms with Crippen LogP contribution in [0.4, 0.5) is 13.6 Å². The highest BCUT2D eigenvalue weighted by Crippen LogP contribution is 2.29. The van der Waals surface area contributed by atoms with Crippen LogP contribution >= 0.6 is 0 Å². The van der Waals surface area contributed by atoms with Crippen molar-refractivity contribution in [3.63, 3.8) is 0 Å². The maximum Gasteiger partial charge on any atom is 0.407 e. The average Bonchev–Trinajstić information content (AvgIpc) is 3.30. The molecule has 1 fully saturated rings. The Kier molecular flexibility index (Phi) is 5.08. The minimum Gasteiger partial charge on any atom is -0.449 e. The van der Waals surface area contributed by atoms with Gasteiger partial charge < -0.3 is 10.1 Å². The zero-order valence-corrected chi connectivity index (χ0v) is 13.1. The first kappa shape index (κ1) is 16.4. The Morgan fingerprint density at radius 1 is 1.33 bits per heavy atom. The van der Waals surface area contributed by atoms with Crippen molar-refractivity contribution in [2.24, 2.45) is 5.92 Å². The van der Waals surface area contributed by atoms with Crippen LogP contribution in [0.2, 0.25) is 0 Å². The number of carbonyl (C=O) groups is 1. The number of hydrogen-bond acceptors (Lipinski definition) is 3. The number of imidazole rings is 1. The fourth-order valence-electron chi connectivity index (χ4n) is 2.46. The third kappa shape index (κ3) is 4.31. The van der Waals surface area contributed by atoms with Crippen LogP contribution in [0.25, 0.3) is 0 Å². The fraction of sp³-hybridized carbons (Fsp3) is 0.412. The van der Waals surface area contributed by atoms with Crippen LogP contribution in [0.5, 0.6) is 0 Å². The van der Waals surface area contributed by atoms with Crippen LogP contribution in [0.15, 0.2) is 42.7 Å². The van der Waals surface area contributed by atoms with Crippen molar-refractivity contribution >= 4 is 6.09 Å². The van der Waals surface area contributed by atoms with Gasteiger partial charge in [-0.05, 0) is 24.3 Å². The molecule has 0 spiro atoms. The second-order valence-electron chi connectivity index (χ2n) is 5.88. The molecule has 1 saturated carbocycles. The number of benzene rings is 1. The number of ether oxygens (including phenoxy) is 1. The monoisotopic (exact) mass is 335 g/mol. The summed E-state index contributed by atoms with van der Waals surface area (Å²) in [6.45, 7) is -2.26. The van der Waals surface area contributed by atoms with E-state index in [-0.39, 0.29) is 12.2 Å². The number of aromatic nitrogens is 2. The summed E-state index contributed by atoms with van der Waals surface area (Å²) < 4.78 is 32.0. The Hall–Kier alpha value is -2.44. The Morgan fingerprint density at radius 2 is 2.08 bits per heavy atom. The lowest BCUT2D eigenvalue weighted by Gasteiger charge is -2.19. The third-order valence-corrected chi connectivity index (χ3v) is 3.99. The van der Waals surface area contributed by atoms with Gasteiger partial charge >= 0.3 is 12.6 Å². The van der Waals surface area contributed by atoms with E-state index in [0.29, 0.717) is 12.5 Å². The predicted octanol–water partition coefficient (Wildman–Crippen LogP) is 3.70. The molecule has 0 saturated heterocycles. The number of hydrogen-bond donors (Lipinski definition) is 1. The second kappa shape index (κ2) is 7.42. The molecule has 1 aromatic carbocycles. The molecule has 3 rings (SSSR count). The normalized spacial score (nSPS) is 15.3. The number of alkyl halides is 2. The van der Waals surface area contributed by atoms with Crippen LogP contribution in [-0.2, 0) is 11.2 Å². The van der Waals surface area contributed by atoms with Gasteiger partial charge in [0.2, 0.25) is 0 Å². The van der Waals surface area contributed by atoms with E-state index in [0.717, 1.165) is 23.0 Å². The Balaban J connectivity index is 1.71. The van der Waals surface area contributed by atoms with Gasteiger partial charge in [0.25, 0.3) is 0 Å². The number of carbonyl (C=O) groups excluding carboxylic acids is 1. The molecule has 0 radical (unpaired) electrons. The van der Waals surface area contributed by atoms with E-state index >= 15 is 0 Å². The van der Waals surface area contributed by atoms with Crippen molar-refractivity contribution in [2.45, 2.75) is 31.9 Å². The van der Waals surface area contributed by atoms with Crippen molar-refractivity contribution in [1.82, 2.24) is 14.9 Å². The summed E-state index contributed by atoms with van der Waals surface area (Å²) in [6.07, 6.45) is 4.34. The van der Waals surface area contributed by atoms with E-state index in [1.165, 1.54) is 12.4 Å². The topological polar surface area (TPSA) is 56.2 Å². The molecule has 1 heterocycles. The Morgan fingerprint density at radius 3 is 2.75 bits per heavy atom. The molecule has 1 aromatic heterocycles. The quantitative estimate of drug-likeness (QED) is 0.839. The molecule has 1 unspecified atom stereocenters. The molecule has 1 aliphatic rings. The number of alkyl carbamates (subject to hydrolysis) is 1. The highest BCUT2D eigenvalue weighted by molar-refractivity contribution is 5.68. The zero-order valence-electron chi connectivity index (χ0n) is 13.1. The standard InChI is InChI=1S/C17H19F2N3O2/c18-16(19)22-9-8-20-15(22)10-14(13-4-2-1-3-5-13)21-17(23)24-11-12-6-7-12/h1-5,8-9,12,14,16H,6-7,10-11H2,(H,21,23). The van der Waals surface area contributed by atoms with Crippen molar-refractivity contribution in [3.8, 4) is 0 Å². The molecule has 1 atom stereocenters. The molecule has 0 aliphatic heterocycles. The number of rotatable bonds is 7. The van der Waals surface area contributed by atoms with E-state index < -0.39 is 18.7 Å². The zero-order chi connectivity index (χ0) is 16.9. The molecule has 7 heteroatoms. The number of nitrogens with one attached hydrogen (secondary N) is 1. The van der Waals surface area contributed by atoms with Crippen LogP contribution in [0, 0.1) is 5.92 Å². The van der Waals surface area contributed by atoms with Gasteiger partial charge in [-0.3, -0.25) is 4.57 Å². The minimum atomic E-state index is -2.67. The largest absolute Gasteiger partial charge is 0.449 e. The summed E-state index contributed by atoms with van der Waals surface area (Å²) >= 11 is 0. The molecule has 1 aliphatic carbocycles.